The standard InChI is InChI=1S/C16H23NO4/c1-20-15-4-2-3-13(12-15)11-14(16(18)19)5-6-17-7-9-21-10-8-17/h2-4,12,14H,5-11H2,1H3,(H,18,19). The molecule has 1 N–H and O–H groups in total. The first kappa shape index (κ1) is 15.8. The Morgan fingerprint density at radius 1 is 1.43 bits per heavy atom. The van der Waals surface area contributed by atoms with Crippen LogP contribution in [0.3, 0.4) is 0 Å². The van der Waals surface area contributed by atoms with E-state index in [-0.39, 0.29) is 5.92 Å². The third kappa shape index (κ3) is 5.02. The molecule has 0 saturated carbocycles. The van der Waals surface area contributed by atoms with Crippen molar-refractivity contribution in [3.05, 3.63) is 29.8 Å². The molecule has 0 spiro atoms. The molecule has 1 aliphatic heterocycles. The highest BCUT2D eigenvalue weighted by molar-refractivity contribution is 5.70. The third-order valence-electron chi connectivity index (χ3n) is 3.86. The number of carboxylic acids is 1. The van der Waals surface area contributed by atoms with E-state index in [0.717, 1.165) is 44.2 Å². The SMILES string of the molecule is COc1cccc(CC(CCN2CCOCC2)C(=O)O)c1. The summed E-state index contributed by atoms with van der Waals surface area (Å²) in [6, 6.07) is 7.62. The monoisotopic (exact) mass is 293 g/mol. The van der Waals surface area contributed by atoms with Crippen LogP contribution in [0.4, 0.5) is 0 Å². The zero-order chi connectivity index (χ0) is 15.1. The number of hydrogen-bond donors (Lipinski definition) is 1. The van der Waals surface area contributed by atoms with Crippen molar-refractivity contribution in [3.8, 4) is 5.75 Å². The van der Waals surface area contributed by atoms with Crippen molar-refractivity contribution < 1.29 is 19.4 Å². The van der Waals surface area contributed by atoms with Crippen LogP contribution >= 0.6 is 0 Å². The van der Waals surface area contributed by atoms with Gasteiger partial charge in [-0.2, -0.15) is 0 Å². The van der Waals surface area contributed by atoms with E-state index in [1.165, 1.54) is 0 Å². The number of aliphatic carboxylic acids is 1. The minimum atomic E-state index is -0.730. The van der Waals surface area contributed by atoms with Gasteiger partial charge in [0.05, 0.1) is 26.2 Å². The Labute approximate surface area is 125 Å². The molecule has 1 saturated heterocycles. The minimum absolute atomic E-state index is 0.361. The van der Waals surface area contributed by atoms with Gasteiger partial charge in [-0.05, 0) is 37.1 Å². The molecule has 1 aromatic rings. The molecule has 0 radical (unpaired) electrons. The van der Waals surface area contributed by atoms with Crippen LogP contribution in [0.1, 0.15) is 12.0 Å². The fourth-order valence-electron chi connectivity index (χ4n) is 2.56. The average molecular weight is 293 g/mol. The van der Waals surface area contributed by atoms with Crippen molar-refractivity contribution in [3.63, 3.8) is 0 Å². The fraction of sp³-hybridized carbons (Fsp3) is 0.562. The molecule has 0 bridgehead atoms. The molecule has 1 aliphatic rings. The van der Waals surface area contributed by atoms with E-state index in [0.29, 0.717) is 12.8 Å². The molecule has 1 fully saturated rings. The van der Waals surface area contributed by atoms with Gasteiger partial charge in [0.15, 0.2) is 0 Å². The van der Waals surface area contributed by atoms with Crippen LogP contribution in [0, 0.1) is 5.92 Å². The maximum atomic E-state index is 11.5. The second-order valence-corrected chi connectivity index (χ2v) is 5.33. The van der Waals surface area contributed by atoms with Crippen molar-refractivity contribution in [2.75, 3.05) is 40.0 Å². The molecule has 2 rings (SSSR count). The maximum Gasteiger partial charge on any atom is 0.306 e. The molecular formula is C16H23NO4. The summed E-state index contributed by atoms with van der Waals surface area (Å²) in [5.41, 5.74) is 1.00. The molecule has 0 aromatic heterocycles. The van der Waals surface area contributed by atoms with Gasteiger partial charge in [-0.1, -0.05) is 12.1 Å². The number of morpholine rings is 1. The lowest BCUT2D eigenvalue weighted by molar-refractivity contribution is -0.142. The summed E-state index contributed by atoms with van der Waals surface area (Å²) in [6.45, 7) is 4.09. The fourth-order valence-corrected chi connectivity index (χ4v) is 2.56. The summed E-state index contributed by atoms with van der Waals surface area (Å²) in [5, 5.41) is 9.42. The number of rotatable bonds is 7. The summed E-state index contributed by atoms with van der Waals surface area (Å²) < 4.78 is 10.5. The second-order valence-electron chi connectivity index (χ2n) is 5.33. The summed E-state index contributed by atoms with van der Waals surface area (Å²) in [4.78, 5) is 13.7. The largest absolute Gasteiger partial charge is 0.497 e. The molecule has 0 aliphatic carbocycles. The molecule has 1 unspecified atom stereocenters. The Kier molecular flexibility index (Phi) is 6.02. The molecule has 21 heavy (non-hydrogen) atoms. The summed E-state index contributed by atoms with van der Waals surface area (Å²) in [6.07, 6.45) is 1.20. The normalized spacial score (nSPS) is 17.4. The zero-order valence-electron chi connectivity index (χ0n) is 12.5. The van der Waals surface area contributed by atoms with Gasteiger partial charge in [0.2, 0.25) is 0 Å². The van der Waals surface area contributed by atoms with E-state index in [1.54, 1.807) is 7.11 Å². The zero-order valence-corrected chi connectivity index (χ0v) is 12.5. The van der Waals surface area contributed by atoms with Crippen LogP contribution in [-0.4, -0.2) is 55.9 Å². The lowest BCUT2D eigenvalue weighted by atomic mass is 9.96. The highest BCUT2D eigenvalue weighted by Crippen LogP contribution is 2.18. The van der Waals surface area contributed by atoms with Gasteiger partial charge < -0.3 is 14.6 Å². The van der Waals surface area contributed by atoms with Crippen molar-refractivity contribution >= 4 is 5.97 Å². The van der Waals surface area contributed by atoms with Gasteiger partial charge in [-0.3, -0.25) is 9.69 Å². The Morgan fingerprint density at radius 2 is 2.19 bits per heavy atom. The number of benzene rings is 1. The van der Waals surface area contributed by atoms with E-state index >= 15 is 0 Å². The van der Waals surface area contributed by atoms with Crippen molar-refractivity contribution in [2.24, 2.45) is 5.92 Å². The average Bonchev–Trinajstić information content (AvgIpc) is 2.52. The molecular weight excluding hydrogens is 270 g/mol. The topological polar surface area (TPSA) is 59.0 Å². The first-order chi connectivity index (χ1) is 10.2. The Morgan fingerprint density at radius 3 is 2.86 bits per heavy atom. The van der Waals surface area contributed by atoms with Gasteiger partial charge >= 0.3 is 5.97 Å². The van der Waals surface area contributed by atoms with Crippen LogP contribution in [0.5, 0.6) is 5.75 Å². The van der Waals surface area contributed by atoms with Crippen LogP contribution < -0.4 is 4.74 Å². The van der Waals surface area contributed by atoms with Crippen LogP contribution in [-0.2, 0) is 16.0 Å². The van der Waals surface area contributed by atoms with E-state index in [9.17, 15) is 9.90 Å². The number of methoxy groups -OCH3 is 1. The van der Waals surface area contributed by atoms with Gasteiger partial charge in [-0.25, -0.2) is 0 Å². The molecule has 1 aromatic carbocycles. The van der Waals surface area contributed by atoms with E-state index in [1.807, 2.05) is 24.3 Å². The molecule has 0 amide bonds. The van der Waals surface area contributed by atoms with Crippen LogP contribution in [0.2, 0.25) is 0 Å². The summed E-state index contributed by atoms with van der Waals surface area (Å²) in [5.74, 6) is -0.323. The highest BCUT2D eigenvalue weighted by atomic mass is 16.5. The molecule has 1 heterocycles. The van der Waals surface area contributed by atoms with E-state index in [2.05, 4.69) is 4.90 Å². The van der Waals surface area contributed by atoms with Crippen molar-refractivity contribution in [1.82, 2.24) is 4.90 Å². The molecule has 5 heteroatoms. The maximum absolute atomic E-state index is 11.5. The quantitative estimate of drug-likeness (QED) is 0.828. The number of nitrogens with zero attached hydrogens (tertiary/aromatic N) is 1. The van der Waals surface area contributed by atoms with Gasteiger partial charge in [-0.15, -0.1) is 0 Å². The number of ether oxygens (including phenoxy) is 2. The smallest absolute Gasteiger partial charge is 0.306 e. The van der Waals surface area contributed by atoms with Crippen molar-refractivity contribution in [1.29, 1.82) is 0 Å². The van der Waals surface area contributed by atoms with Crippen molar-refractivity contribution in [2.45, 2.75) is 12.8 Å². The second kappa shape index (κ2) is 8.00. The van der Waals surface area contributed by atoms with E-state index in [4.69, 9.17) is 9.47 Å². The Balaban J connectivity index is 1.90. The lowest BCUT2D eigenvalue weighted by Crippen LogP contribution is -2.38. The highest BCUT2D eigenvalue weighted by Gasteiger charge is 2.20. The first-order valence-electron chi connectivity index (χ1n) is 7.35. The van der Waals surface area contributed by atoms with E-state index < -0.39 is 5.97 Å². The predicted molar refractivity (Wildman–Crippen MR) is 79.7 cm³/mol. The summed E-state index contributed by atoms with van der Waals surface area (Å²) >= 11 is 0. The van der Waals surface area contributed by atoms with Crippen LogP contribution in [0.15, 0.2) is 24.3 Å². The third-order valence-corrected chi connectivity index (χ3v) is 3.86. The number of hydrogen-bond acceptors (Lipinski definition) is 4. The number of carboxylic acid groups (broad SMARTS) is 1. The molecule has 1 atom stereocenters. The number of carbonyl (C=O) groups is 1. The Bertz CT molecular complexity index is 457. The van der Waals surface area contributed by atoms with Crippen LogP contribution in [0.25, 0.3) is 0 Å². The molecule has 116 valence electrons. The minimum Gasteiger partial charge on any atom is -0.497 e. The van der Waals surface area contributed by atoms with Gasteiger partial charge in [0.1, 0.15) is 5.75 Å². The van der Waals surface area contributed by atoms with Gasteiger partial charge in [0, 0.05) is 13.1 Å². The lowest BCUT2D eigenvalue weighted by Gasteiger charge is -2.27. The first-order valence-corrected chi connectivity index (χ1v) is 7.35. The van der Waals surface area contributed by atoms with Gasteiger partial charge in [0.25, 0.3) is 0 Å². The molecule has 5 nitrogen and oxygen atoms in total. The Hall–Kier alpha value is -1.59. The predicted octanol–water partition coefficient (Wildman–Crippen LogP) is 1.66. The summed E-state index contributed by atoms with van der Waals surface area (Å²) in [7, 11) is 1.62.